The molecule has 1 saturated heterocycles. The van der Waals surface area contributed by atoms with E-state index in [2.05, 4.69) is 26.2 Å². The molecule has 7 nitrogen and oxygen atoms in total. The van der Waals surface area contributed by atoms with Gasteiger partial charge in [0.2, 0.25) is 0 Å². The fourth-order valence-corrected chi connectivity index (χ4v) is 3.15. The van der Waals surface area contributed by atoms with Gasteiger partial charge in [0.05, 0.1) is 23.9 Å². The van der Waals surface area contributed by atoms with Crippen molar-refractivity contribution in [2.24, 2.45) is 0 Å². The fourth-order valence-electron chi connectivity index (χ4n) is 3.15. The van der Waals surface area contributed by atoms with Gasteiger partial charge >= 0.3 is 5.97 Å². The van der Waals surface area contributed by atoms with Crippen molar-refractivity contribution < 1.29 is 9.53 Å². The van der Waals surface area contributed by atoms with Crippen molar-refractivity contribution >= 4 is 11.8 Å². The highest BCUT2D eigenvalue weighted by Crippen LogP contribution is 2.30. The predicted molar refractivity (Wildman–Crippen MR) is 87.8 cm³/mol. The number of H-pyrrole nitrogens is 1. The summed E-state index contributed by atoms with van der Waals surface area (Å²) in [7, 11) is 1.32. The lowest BCUT2D eigenvalue weighted by Crippen LogP contribution is -2.36. The fraction of sp³-hybridized carbons (Fsp3) is 0.412. The molecule has 124 valence electrons. The van der Waals surface area contributed by atoms with Crippen LogP contribution in [0, 0.1) is 18.3 Å². The highest BCUT2D eigenvalue weighted by Gasteiger charge is 2.26. The molecular formula is C17H19N5O2. The molecule has 0 radical (unpaired) electrons. The van der Waals surface area contributed by atoms with Crippen molar-refractivity contribution in [2.75, 3.05) is 25.1 Å². The Morgan fingerprint density at radius 2 is 2.38 bits per heavy atom. The number of piperidine rings is 1. The third kappa shape index (κ3) is 2.95. The van der Waals surface area contributed by atoms with Gasteiger partial charge in [-0.25, -0.2) is 9.78 Å². The number of aromatic nitrogens is 3. The number of rotatable bonds is 3. The molecule has 3 heterocycles. The molecule has 1 aliphatic heterocycles. The Hall–Kier alpha value is -2.88. The first-order valence-corrected chi connectivity index (χ1v) is 7.88. The average molecular weight is 325 g/mol. The van der Waals surface area contributed by atoms with Crippen LogP contribution >= 0.6 is 0 Å². The van der Waals surface area contributed by atoms with Gasteiger partial charge in [-0.05, 0) is 31.9 Å². The largest absolute Gasteiger partial charge is 0.465 e. The summed E-state index contributed by atoms with van der Waals surface area (Å²) in [5, 5.41) is 16.5. The molecule has 0 spiro atoms. The van der Waals surface area contributed by atoms with E-state index < -0.39 is 5.97 Å². The van der Waals surface area contributed by atoms with Crippen LogP contribution in [0.15, 0.2) is 18.3 Å². The Morgan fingerprint density at radius 3 is 3.04 bits per heavy atom. The first-order valence-electron chi connectivity index (χ1n) is 7.88. The van der Waals surface area contributed by atoms with E-state index >= 15 is 0 Å². The highest BCUT2D eigenvalue weighted by atomic mass is 16.5. The zero-order valence-electron chi connectivity index (χ0n) is 13.7. The quantitative estimate of drug-likeness (QED) is 0.869. The standard InChI is InChI=1S/C17H19N5O2/c1-11-14(17(23)24-2)8-13(9-18)16(20-11)22-7-3-4-12(10-22)15-5-6-19-21-15/h5-6,8,12H,3-4,7,10H2,1-2H3,(H,19,21)/t12-/m0/s1. The summed E-state index contributed by atoms with van der Waals surface area (Å²) >= 11 is 0. The number of nitrogens with one attached hydrogen (secondary N) is 1. The van der Waals surface area contributed by atoms with Gasteiger partial charge in [0.1, 0.15) is 11.9 Å². The molecule has 1 atom stereocenters. The molecular weight excluding hydrogens is 306 g/mol. The first-order chi connectivity index (χ1) is 11.6. The van der Waals surface area contributed by atoms with Crippen molar-refractivity contribution in [3.63, 3.8) is 0 Å². The van der Waals surface area contributed by atoms with Crippen LogP contribution in [0.5, 0.6) is 0 Å². The third-order valence-corrected chi connectivity index (χ3v) is 4.40. The summed E-state index contributed by atoms with van der Waals surface area (Å²) in [5.41, 5.74) is 2.40. The number of aryl methyl sites for hydroxylation is 1. The van der Waals surface area contributed by atoms with E-state index in [9.17, 15) is 10.1 Å². The van der Waals surface area contributed by atoms with Crippen LogP contribution in [0.4, 0.5) is 5.82 Å². The number of esters is 1. The molecule has 1 aliphatic rings. The predicted octanol–water partition coefficient (Wildman–Crippen LogP) is 2.16. The van der Waals surface area contributed by atoms with Gasteiger partial charge in [-0.3, -0.25) is 5.10 Å². The first kappa shape index (κ1) is 16.0. The number of methoxy groups -OCH3 is 1. The van der Waals surface area contributed by atoms with Gasteiger partial charge in [-0.1, -0.05) is 0 Å². The van der Waals surface area contributed by atoms with E-state index in [1.54, 1.807) is 19.2 Å². The number of hydrogen-bond acceptors (Lipinski definition) is 6. The molecule has 0 unspecified atom stereocenters. The maximum Gasteiger partial charge on any atom is 0.339 e. The van der Waals surface area contributed by atoms with E-state index in [1.807, 2.05) is 6.07 Å². The smallest absolute Gasteiger partial charge is 0.339 e. The number of aromatic amines is 1. The van der Waals surface area contributed by atoms with Crippen LogP contribution in [-0.2, 0) is 4.74 Å². The zero-order chi connectivity index (χ0) is 17.1. The Balaban J connectivity index is 1.92. The number of anilines is 1. The Kier molecular flexibility index (Phi) is 4.47. The molecule has 0 bridgehead atoms. The normalized spacial score (nSPS) is 17.4. The molecule has 0 saturated carbocycles. The van der Waals surface area contributed by atoms with E-state index in [1.165, 1.54) is 7.11 Å². The van der Waals surface area contributed by atoms with Gasteiger partial charge in [-0.15, -0.1) is 0 Å². The topological polar surface area (TPSA) is 94.9 Å². The number of ether oxygens (including phenoxy) is 1. The number of pyridine rings is 1. The van der Waals surface area contributed by atoms with Crippen molar-refractivity contribution in [2.45, 2.75) is 25.7 Å². The van der Waals surface area contributed by atoms with E-state index in [4.69, 9.17) is 4.74 Å². The molecule has 2 aromatic rings. The minimum Gasteiger partial charge on any atom is -0.465 e. The summed E-state index contributed by atoms with van der Waals surface area (Å²) in [6.45, 7) is 3.36. The summed E-state index contributed by atoms with van der Waals surface area (Å²) < 4.78 is 4.75. The van der Waals surface area contributed by atoms with Crippen LogP contribution in [0.2, 0.25) is 0 Å². The van der Waals surface area contributed by atoms with Crippen LogP contribution in [0.1, 0.15) is 46.1 Å². The highest BCUT2D eigenvalue weighted by molar-refractivity contribution is 5.91. The molecule has 0 aromatic carbocycles. The maximum absolute atomic E-state index is 11.8. The van der Waals surface area contributed by atoms with E-state index in [-0.39, 0.29) is 0 Å². The van der Waals surface area contributed by atoms with E-state index in [0.29, 0.717) is 28.6 Å². The summed E-state index contributed by atoms with van der Waals surface area (Å²) in [5.74, 6) is 0.485. The molecule has 0 aliphatic carbocycles. The van der Waals surface area contributed by atoms with Crippen molar-refractivity contribution in [3.05, 3.63) is 40.8 Å². The minimum absolute atomic E-state index is 0.329. The Morgan fingerprint density at radius 1 is 1.54 bits per heavy atom. The SMILES string of the molecule is COC(=O)c1cc(C#N)c(N2CCC[C@H](c3ccn[nH]3)C2)nc1C. The molecule has 7 heteroatoms. The molecule has 2 aromatic heterocycles. The Bertz CT molecular complexity index is 779. The molecule has 3 rings (SSSR count). The van der Waals surface area contributed by atoms with Gasteiger partial charge < -0.3 is 9.64 Å². The van der Waals surface area contributed by atoms with Gasteiger partial charge in [0.15, 0.2) is 0 Å². The summed E-state index contributed by atoms with van der Waals surface area (Å²) in [6, 6.07) is 5.71. The van der Waals surface area contributed by atoms with Crippen molar-refractivity contribution in [3.8, 4) is 6.07 Å². The molecule has 0 amide bonds. The molecule has 24 heavy (non-hydrogen) atoms. The number of hydrogen-bond donors (Lipinski definition) is 1. The second kappa shape index (κ2) is 6.71. The zero-order valence-corrected chi connectivity index (χ0v) is 13.7. The van der Waals surface area contributed by atoms with Crippen LogP contribution < -0.4 is 4.90 Å². The van der Waals surface area contributed by atoms with Crippen molar-refractivity contribution in [1.29, 1.82) is 5.26 Å². The number of nitriles is 1. The van der Waals surface area contributed by atoms with Gasteiger partial charge in [-0.2, -0.15) is 10.4 Å². The minimum atomic E-state index is -0.475. The Labute approximate surface area is 140 Å². The lowest BCUT2D eigenvalue weighted by atomic mass is 9.94. The van der Waals surface area contributed by atoms with Gasteiger partial charge in [0.25, 0.3) is 0 Å². The molecule has 1 N–H and O–H groups in total. The monoisotopic (exact) mass is 325 g/mol. The maximum atomic E-state index is 11.8. The van der Waals surface area contributed by atoms with Crippen LogP contribution in [0.25, 0.3) is 0 Å². The lowest BCUT2D eigenvalue weighted by molar-refractivity contribution is 0.0599. The summed E-state index contributed by atoms with van der Waals surface area (Å²) in [6.07, 6.45) is 3.83. The van der Waals surface area contributed by atoms with Crippen LogP contribution in [0.3, 0.4) is 0 Å². The summed E-state index contributed by atoms with van der Waals surface area (Å²) in [4.78, 5) is 18.4. The third-order valence-electron chi connectivity index (χ3n) is 4.40. The second-order valence-corrected chi connectivity index (χ2v) is 5.89. The van der Waals surface area contributed by atoms with Crippen molar-refractivity contribution in [1.82, 2.24) is 15.2 Å². The second-order valence-electron chi connectivity index (χ2n) is 5.89. The number of carbonyl (C=O) groups is 1. The molecule has 1 fully saturated rings. The average Bonchev–Trinajstić information content (AvgIpc) is 3.15. The van der Waals surface area contributed by atoms with Gasteiger partial charge in [0, 0.05) is 30.9 Å². The number of carbonyl (C=O) groups excluding carboxylic acids is 1. The number of nitrogens with zero attached hydrogens (tertiary/aromatic N) is 4. The van der Waals surface area contributed by atoms with Crippen LogP contribution in [-0.4, -0.2) is 41.3 Å². The lowest BCUT2D eigenvalue weighted by Gasteiger charge is -2.33. The van der Waals surface area contributed by atoms with E-state index in [0.717, 1.165) is 31.6 Å².